The van der Waals surface area contributed by atoms with Crippen molar-refractivity contribution in [2.45, 2.75) is 13.1 Å². The summed E-state index contributed by atoms with van der Waals surface area (Å²) in [4.78, 5) is 33.9. The molecule has 33 heavy (non-hydrogen) atoms. The molecule has 0 aliphatic rings. The third-order valence-electron chi connectivity index (χ3n) is 5.62. The fourth-order valence-electron chi connectivity index (χ4n) is 3.98. The first-order valence-corrected chi connectivity index (χ1v) is 10.4. The van der Waals surface area contributed by atoms with Gasteiger partial charge in [-0.2, -0.15) is 4.98 Å². The van der Waals surface area contributed by atoms with Crippen molar-refractivity contribution in [1.29, 1.82) is 0 Å². The Morgan fingerprint density at radius 1 is 0.970 bits per heavy atom. The van der Waals surface area contributed by atoms with Crippen LogP contribution in [0.5, 0.6) is 0 Å². The number of rotatable bonds is 5. The Morgan fingerprint density at radius 3 is 2.58 bits per heavy atom. The largest absolute Gasteiger partial charge is 0.465 e. The quantitative estimate of drug-likeness (QED) is 0.422. The molecule has 0 fully saturated rings. The van der Waals surface area contributed by atoms with Crippen LogP contribution in [-0.4, -0.2) is 32.2 Å². The first-order chi connectivity index (χ1) is 16.0. The van der Waals surface area contributed by atoms with Crippen molar-refractivity contribution >= 4 is 33.9 Å². The van der Waals surface area contributed by atoms with Crippen molar-refractivity contribution in [2.24, 2.45) is 0 Å². The van der Waals surface area contributed by atoms with Crippen LogP contribution in [-0.2, 0) is 17.8 Å². The molecule has 0 saturated carbocycles. The first kappa shape index (κ1) is 20.4. The minimum atomic E-state index is -0.445. The van der Waals surface area contributed by atoms with Gasteiger partial charge in [0, 0.05) is 6.54 Å². The summed E-state index contributed by atoms with van der Waals surface area (Å²) in [6, 6.07) is 21.2. The summed E-state index contributed by atoms with van der Waals surface area (Å²) in [7, 11) is 1.33. The molecule has 0 saturated heterocycles. The normalized spacial score (nSPS) is 11.2. The molecule has 0 unspecified atom stereocenters. The molecule has 8 heteroatoms. The summed E-state index contributed by atoms with van der Waals surface area (Å²) in [5, 5.41) is 2.28. The van der Waals surface area contributed by atoms with E-state index in [1.807, 2.05) is 24.3 Å². The maximum Gasteiger partial charge on any atom is 0.337 e. The van der Waals surface area contributed by atoms with E-state index < -0.39 is 5.97 Å². The Bertz CT molecular complexity index is 1570. The molecular formula is C25H21N5O3. The lowest BCUT2D eigenvalue weighted by molar-refractivity contribution is 0.0600. The minimum Gasteiger partial charge on any atom is -0.465 e. The molecule has 0 aliphatic carbocycles. The van der Waals surface area contributed by atoms with E-state index in [0.29, 0.717) is 23.3 Å². The molecule has 8 nitrogen and oxygen atoms in total. The summed E-state index contributed by atoms with van der Waals surface area (Å²) >= 11 is 0. The number of ether oxygens (including phenoxy) is 1. The number of esters is 1. The molecule has 2 heterocycles. The lowest BCUT2D eigenvalue weighted by Crippen LogP contribution is -2.26. The van der Waals surface area contributed by atoms with Crippen LogP contribution in [0.4, 0.5) is 5.95 Å². The summed E-state index contributed by atoms with van der Waals surface area (Å²) < 4.78 is 7.95. The van der Waals surface area contributed by atoms with E-state index >= 15 is 0 Å². The van der Waals surface area contributed by atoms with Crippen LogP contribution in [0, 0.1) is 0 Å². The zero-order valence-corrected chi connectivity index (χ0v) is 17.9. The number of hydrogen-bond acceptors (Lipinski definition) is 6. The molecule has 3 aromatic carbocycles. The van der Waals surface area contributed by atoms with Crippen LogP contribution in [0.15, 0.2) is 77.9 Å². The molecule has 164 valence electrons. The number of nitrogen functional groups attached to an aromatic ring is 1. The number of benzene rings is 3. The second-order valence-corrected chi connectivity index (χ2v) is 7.78. The topological polar surface area (TPSA) is 105 Å². The Balaban J connectivity index is 1.53. The highest BCUT2D eigenvalue weighted by Crippen LogP contribution is 2.18. The summed E-state index contributed by atoms with van der Waals surface area (Å²) in [5.74, 6) is -0.383. The Morgan fingerprint density at radius 2 is 1.76 bits per heavy atom. The van der Waals surface area contributed by atoms with Gasteiger partial charge in [-0.05, 0) is 40.1 Å². The zero-order chi connectivity index (χ0) is 22.9. The molecule has 2 N–H and O–H groups in total. The monoisotopic (exact) mass is 439 g/mol. The average Bonchev–Trinajstić information content (AvgIpc) is 3.23. The van der Waals surface area contributed by atoms with E-state index in [-0.39, 0.29) is 18.1 Å². The van der Waals surface area contributed by atoms with Gasteiger partial charge in [-0.3, -0.25) is 9.36 Å². The second-order valence-electron chi connectivity index (χ2n) is 7.78. The predicted molar refractivity (Wildman–Crippen MR) is 126 cm³/mol. The van der Waals surface area contributed by atoms with Crippen LogP contribution >= 0.6 is 0 Å². The SMILES string of the molecule is COC(=O)c1cccc(Cn2c(N)nc3ncn(Cc4ccc5ccccc5c4)c3c2=O)c1. The predicted octanol–water partition coefficient (Wildman–Crippen LogP) is 3.21. The van der Waals surface area contributed by atoms with Gasteiger partial charge < -0.3 is 15.0 Å². The van der Waals surface area contributed by atoms with Crippen LogP contribution < -0.4 is 11.3 Å². The molecule has 0 bridgehead atoms. The number of imidazole rings is 1. The third kappa shape index (κ3) is 3.82. The number of fused-ring (bicyclic) bond motifs is 2. The molecular weight excluding hydrogens is 418 g/mol. The fourth-order valence-corrected chi connectivity index (χ4v) is 3.98. The minimum absolute atomic E-state index is 0.0620. The van der Waals surface area contributed by atoms with Crippen molar-refractivity contribution in [3.05, 3.63) is 100 Å². The summed E-state index contributed by atoms with van der Waals surface area (Å²) in [6.45, 7) is 0.638. The van der Waals surface area contributed by atoms with Gasteiger partial charge in [0.05, 0.1) is 25.5 Å². The van der Waals surface area contributed by atoms with Crippen LogP contribution in [0.1, 0.15) is 21.5 Å². The molecule has 5 aromatic rings. The van der Waals surface area contributed by atoms with E-state index in [4.69, 9.17) is 10.5 Å². The number of aromatic nitrogens is 4. The van der Waals surface area contributed by atoms with Gasteiger partial charge in [0.1, 0.15) is 0 Å². The number of methoxy groups -OCH3 is 1. The van der Waals surface area contributed by atoms with E-state index in [1.54, 1.807) is 29.1 Å². The van der Waals surface area contributed by atoms with E-state index in [9.17, 15) is 9.59 Å². The summed E-state index contributed by atoms with van der Waals surface area (Å²) in [6.07, 6.45) is 1.61. The van der Waals surface area contributed by atoms with Crippen molar-refractivity contribution in [2.75, 3.05) is 12.8 Å². The highest BCUT2D eigenvalue weighted by Gasteiger charge is 2.16. The van der Waals surface area contributed by atoms with Crippen LogP contribution in [0.2, 0.25) is 0 Å². The van der Waals surface area contributed by atoms with Crippen LogP contribution in [0.3, 0.4) is 0 Å². The van der Waals surface area contributed by atoms with Crippen molar-refractivity contribution in [3.8, 4) is 0 Å². The number of hydrogen-bond donors (Lipinski definition) is 1. The lowest BCUT2D eigenvalue weighted by atomic mass is 10.1. The van der Waals surface area contributed by atoms with Gasteiger partial charge in [0.15, 0.2) is 11.2 Å². The molecule has 0 spiro atoms. The number of nitrogens with zero attached hydrogens (tertiary/aromatic N) is 4. The Hall–Kier alpha value is -4.46. The highest BCUT2D eigenvalue weighted by atomic mass is 16.5. The molecule has 0 atom stereocenters. The van der Waals surface area contributed by atoms with E-state index in [1.165, 1.54) is 11.7 Å². The first-order valence-electron chi connectivity index (χ1n) is 10.4. The summed E-state index contributed by atoms with van der Waals surface area (Å²) in [5.41, 5.74) is 8.66. The molecule has 5 rings (SSSR count). The smallest absolute Gasteiger partial charge is 0.337 e. The Kier molecular flexibility index (Phi) is 5.10. The van der Waals surface area contributed by atoms with Gasteiger partial charge in [0.25, 0.3) is 5.56 Å². The van der Waals surface area contributed by atoms with Gasteiger partial charge in [-0.25, -0.2) is 9.78 Å². The second kappa shape index (κ2) is 8.23. The van der Waals surface area contributed by atoms with Gasteiger partial charge in [0.2, 0.25) is 5.95 Å². The fraction of sp³-hybridized carbons (Fsp3) is 0.120. The Labute approximate surface area is 188 Å². The zero-order valence-electron chi connectivity index (χ0n) is 17.9. The molecule has 0 radical (unpaired) electrons. The number of nitrogens with two attached hydrogens (primary N) is 1. The maximum atomic E-state index is 13.4. The number of carbonyl (C=O) groups excluding carboxylic acids is 1. The van der Waals surface area contributed by atoms with E-state index in [2.05, 4.69) is 34.2 Å². The maximum absolute atomic E-state index is 13.4. The van der Waals surface area contributed by atoms with Gasteiger partial charge in [-0.15, -0.1) is 0 Å². The molecule has 0 amide bonds. The highest BCUT2D eigenvalue weighted by molar-refractivity contribution is 5.89. The average molecular weight is 439 g/mol. The van der Waals surface area contributed by atoms with Crippen LogP contribution in [0.25, 0.3) is 21.9 Å². The molecule has 2 aromatic heterocycles. The van der Waals surface area contributed by atoms with Crippen molar-refractivity contribution in [3.63, 3.8) is 0 Å². The third-order valence-corrected chi connectivity index (χ3v) is 5.62. The van der Waals surface area contributed by atoms with Gasteiger partial charge in [-0.1, -0.05) is 48.5 Å². The lowest BCUT2D eigenvalue weighted by Gasteiger charge is -2.11. The number of anilines is 1. The standard InChI is InChI=1S/C25H21N5O3/c1-33-24(32)20-8-4-5-16(12-20)14-30-23(31)21-22(28-25(30)26)27-15-29(21)13-17-9-10-18-6-2-3-7-19(18)11-17/h2-12,15H,13-14H2,1H3,(H2,26,28). The van der Waals surface area contributed by atoms with E-state index in [0.717, 1.165) is 21.9 Å². The number of carbonyl (C=O) groups is 1. The van der Waals surface area contributed by atoms with Crippen molar-refractivity contribution < 1.29 is 9.53 Å². The van der Waals surface area contributed by atoms with Gasteiger partial charge >= 0.3 is 5.97 Å². The molecule has 0 aliphatic heterocycles. The van der Waals surface area contributed by atoms with Crippen molar-refractivity contribution in [1.82, 2.24) is 19.1 Å².